The fraction of sp³-hybridized carbons (Fsp3) is 0.650. The first-order valence-electron chi connectivity index (χ1n) is 10.0. The van der Waals surface area contributed by atoms with Crippen LogP contribution in [0.15, 0.2) is 18.2 Å². The van der Waals surface area contributed by atoms with Crippen LogP contribution in [0.5, 0.6) is 0 Å². The van der Waals surface area contributed by atoms with Crippen molar-refractivity contribution in [3.63, 3.8) is 0 Å². The standard InChI is InChI=1S/C20H31N3O3S/c1-16-9-7-11-19(17(16)2)21-20(24)18-10-8-14-23(15-18)27(25,26)22-12-5-3-4-6-13-22/h7,9,11,18H,3-6,8,10,12-15H2,1-2H3,(H,21,24). The molecule has 1 unspecified atom stereocenters. The molecule has 1 aromatic carbocycles. The number of anilines is 1. The Morgan fingerprint density at radius 3 is 2.37 bits per heavy atom. The smallest absolute Gasteiger partial charge is 0.281 e. The summed E-state index contributed by atoms with van der Waals surface area (Å²) in [7, 11) is -3.48. The molecule has 0 aliphatic carbocycles. The minimum absolute atomic E-state index is 0.0838. The quantitative estimate of drug-likeness (QED) is 0.855. The Hall–Kier alpha value is -1.44. The van der Waals surface area contributed by atoms with Crippen molar-refractivity contribution in [3.8, 4) is 0 Å². The molecule has 1 aromatic rings. The van der Waals surface area contributed by atoms with Gasteiger partial charge in [0.2, 0.25) is 5.91 Å². The lowest BCUT2D eigenvalue weighted by Gasteiger charge is -2.34. The highest BCUT2D eigenvalue weighted by atomic mass is 32.2. The second-order valence-electron chi connectivity index (χ2n) is 7.75. The molecule has 6 nitrogen and oxygen atoms in total. The Kier molecular flexibility index (Phi) is 6.55. The van der Waals surface area contributed by atoms with Crippen molar-refractivity contribution >= 4 is 21.8 Å². The summed E-state index contributed by atoms with van der Waals surface area (Å²) < 4.78 is 29.2. The van der Waals surface area contributed by atoms with E-state index >= 15 is 0 Å². The Morgan fingerprint density at radius 2 is 1.67 bits per heavy atom. The number of piperidine rings is 1. The largest absolute Gasteiger partial charge is 0.326 e. The van der Waals surface area contributed by atoms with Crippen LogP contribution in [0.25, 0.3) is 0 Å². The molecule has 2 heterocycles. The Labute approximate surface area is 163 Å². The van der Waals surface area contributed by atoms with Gasteiger partial charge in [0.1, 0.15) is 0 Å². The molecule has 0 spiro atoms. The zero-order chi connectivity index (χ0) is 19.4. The highest BCUT2D eigenvalue weighted by Crippen LogP contribution is 2.25. The minimum Gasteiger partial charge on any atom is -0.326 e. The van der Waals surface area contributed by atoms with Crippen LogP contribution in [0.3, 0.4) is 0 Å². The van der Waals surface area contributed by atoms with Gasteiger partial charge in [-0.3, -0.25) is 4.79 Å². The van der Waals surface area contributed by atoms with Gasteiger partial charge in [-0.25, -0.2) is 0 Å². The van der Waals surface area contributed by atoms with E-state index in [1.54, 1.807) is 4.31 Å². The summed E-state index contributed by atoms with van der Waals surface area (Å²) in [6.07, 6.45) is 5.47. The van der Waals surface area contributed by atoms with Crippen molar-refractivity contribution < 1.29 is 13.2 Å². The van der Waals surface area contributed by atoms with E-state index in [0.29, 0.717) is 19.6 Å². The molecule has 2 aliphatic rings. The van der Waals surface area contributed by atoms with Gasteiger partial charge in [-0.05, 0) is 56.7 Å². The van der Waals surface area contributed by atoms with Gasteiger partial charge >= 0.3 is 0 Å². The van der Waals surface area contributed by atoms with E-state index in [0.717, 1.165) is 55.3 Å². The predicted molar refractivity (Wildman–Crippen MR) is 108 cm³/mol. The fourth-order valence-electron chi connectivity index (χ4n) is 3.92. The van der Waals surface area contributed by atoms with E-state index in [-0.39, 0.29) is 18.4 Å². The molecule has 0 bridgehead atoms. The summed E-state index contributed by atoms with van der Waals surface area (Å²) in [5.74, 6) is -0.389. The summed E-state index contributed by atoms with van der Waals surface area (Å²) in [6, 6.07) is 5.84. The third kappa shape index (κ3) is 4.70. The lowest BCUT2D eigenvalue weighted by molar-refractivity contribution is -0.120. The topological polar surface area (TPSA) is 69.7 Å². The van der Waals surface area contributed by atoms with Crippen LogP contribution in [0.2, 0.25) is 0 Å². The molecule has 27 heavy (non-hydrogen) atoms. The number of nitrogens with zero attached hydrogens (tertiary/aromatic N) is 2. The molecule has 150 valence electrons. The molecular formula is C20H31N3O3S. The second kappa shape index (κ2) is 8.71. The lowest BCUT2D eigenvalue weighted by Crippen LogP contribution is -2.50. The van der Waals surface area contributed by atoms with E-state index in [9.17, 15) is 13.2 Å². The molecule has 1 amide bonds. The maximum atomic E-state index is 13.0. The van der Waals surface area contributed by atoms with Gasteiger partial charge in [-0.15, -0.1) is 0 Å². The van der Waals surface area contributed by atoms with E-state index in [4.69, 9.17) is 0 Å². The van der Waals surface area contributed by atoms with E-state index in [1.807, 2.05) is 32.0 Å². The maximum Gasteiger partial charge on any atom is 0.281 e. The number of carbonyl (C=O) groups is 1. The first-order valence-corrected chi connectivity index (χ1v) is 11.4. The van der Waals surface area contributed by atoms with Crippen LogP contribution < -0.4 is 5.32 Å². The number of nitrogens with one attached hydrogen (secondary N) is 1. The zero-order valence-electron chi connectivity index (χ0n) is 16.4. The summed E-state index contributed by atoms with van der Waals surface area (Å²) in [5.41, 5.74) is 2.99. The SMILES string of the molecule is Cc1cccc(NC(=O)C2CCCN(S(=O)(=O)N3CCCCCC3)C2)c1C. The molecule has 3 rings (SSSR count). The van der Waals surface area contributed by atoms with E-state index < -0.39 is 10.2 Å². The number of hydrogen-bond donors (Lipinski definition) is 1. The zero-order valence-corrected chi connectivity index (χ0v) is 17.2. The maximum absolute atomic E-state index is 13.0. The van der Waals surface area contributed by atoms with Gasteiger partial charge < -0.3 is 5.32 Å². The molecule has 2 saturated heterocycles. The first kappa shape index (κ1) is 20.3. The fourth-order valence-corrected chi connectivity index (χ4v) is 5.70. The first-order chi connectivity index (χ1) is 12.9. The Bertz CT molecular complexity index is 771. The molecule has 2 fully saturated rings. The number of aryl methyl sites for hydroxylation is 1. The predicted octanol–water partition coefficient (Wildman–Crippen LogP) is 3.07. The number of hydrogen-bond acceptors (Lipinski definition) is 3. The molecule has 1 N–H and O–H groups in total. The van der Waals surface area contributed by atoms with Crippen LogP contribution >= 0.6 is 0 Å². The van der Waals surface area contributed by atoms with Gasteiger partial charge in [-0.1, -0.05) is 25.0 Å². The van der Waals surface area contributed by atoms with E-state index in [1.165, 1.54) is 4.31 Å². The third-order valence-electron chi connectivity index (χ3n) is 5.84. The summed E-state index contributed by atoms with van der Waals surface area (Å²) >= 11 is 0. The van der Waals surface area contributed by atoms with Gasteiger partial charge in [0.05, 0.1) is 5.92 Å². The molecule has 0 radical (unpaired) electrons. The van der Waals surface area contributed by atoms with Crippen molar-refractivity contribution in [1.29, 1.82) is 0 Å². The molecule has 2 aliphatic heterocycles. The third-order valence-corrected chi connectivity index (χ3v) is 7.84. The average molecular weight is 394 g/mol. The second-order valence-corrected chi connectivity index (χ2v) is 9.68. The highest BCUT2D eigenvalue weighted by molar-refractivity contribution is 7.86. The lowest BCUT2D eigenvalue weighted by atomic mass is 9.98. The normalized spacial score (nSPS) is 23.0. The van der Waals surface area contributed by atoms with Crippen LogP contribution in [0.1, 0.15) is 49.7 Å². The highest BCUT2D eigenvalue weighted by Gasteiger charge is 2.36. The van der Waals surface area contributed by atoms with Crippen molar-refractivity contribution in [2.24, 2.45) is 5.92 Å². The number of rotatable bonds is 4. The Balaban J connectivity index is 1.68. The van der Waals surface area contributed by atoms with Crippen molar-refractivity contribution in [2.45, 2.75) is 52.4 Å². The minimum atomic E-state index is -3.48. The molecule has 7 heteroatoms. The van der Waals surface area contributed by atoms with Crippen molar-refractivity contribution in [3.05, 3.63) is 29.3 Å². The number of benzene rings is 1. The van der Waals surface area contributed by atoms with Crippen LogP contribution in [0.4, 0.5) is 5.69 Å². The van der Waals surface area contributed by atoms with Gasteiger partial charge in [0, 0.05) is 31.9 Å². The van der Waals surface area contributed by atoms with Gasteiger partial charge in [0.25, 0.3) is 10.2 Å². The van der Waals surface area contributed by atoms with Gasteiger partial charge in [-0.2, -0.15) is 17.0 Å². The number of carbonyl (C=O) groups excluding carboxylic acids is 1. The summed E-state index contributed by atoms with van der Waals surface area (Å²) in [4.78, 5) is 12.8. The molecular weight excluding hydrogens is 362 g/mol. The average Bonchev–Trinajstić information content (AvgIpc) is 2.95. The molecule has 1 atom stereocenters. The van der Waals surface area contributed by atoms with Crippen LogP contribution in [-0.4, -0.2) is 49.1 Å². The summed E-state index contributed by atoms with van der Waals surface area (Å²) in [6.45, 7) is 5.97. The Morgan fingerprint density at radius 1 is 1.00 bits per heavy atom. The summed E-state index contributed by atoms with van der Waals surface area (Å²) in [5, 5.41) is 3.01. The molecule has 0 aromatic heterocycles. The van der Waals surface area contributed by atoms with Gasteiger partial charge in [0.15, 0.2) is 0 Å². The molecule has 0 saturated carbocycles. The van der Waals surface area contributed by atoms with Crippen LogP contribution in [0, 0.1) is 19.8 Å². The van der Waals surface area contributed by atoms with Crippen molar-refractivity contribution in [1.82, 2.24) is 8.61 Å². The van der Waals surface area contributed by atoms with Crippen LogP contribution in [-0.2, 0) is 15.0 Å². The van der Waals surface area contributed by atoms with Crippen molar-refractivity contribution in [2.75, 3.05) is 31.5 Å². The monoisotopic (exact) mass is 393 g/mol. The number of amides is 1. The van der Waals surface area contributed by atoms with E-state index in [2.05, 4.69) is 5.32 Å².